The van der Waals surface area contributed by atoms with E-state index < -0.39 is 0 Å². The Morgan fingerprint density at radius 2 is 1.35 bits per heavy atom. The molecule has 2 rings (SSSR count). The molecule has 0 aromatic heterocycles. The van der Waals surface area contributed by atoms with Gasteiger partial charge in [0.05, 0.1) is 0 Å². The molecule has 2 heterocycles. The molecule has 4 nitrogen and oxygen atoms in total. The van der Waals surface area contributed by atoms with Crippen molar-refractivity contribution in [1.29, 1.82) is 0 Å². The first-order valence-electron chi connectivity index (χ1n) is 6.83. The van der Waals surface area contributed by atoms with Crippen molar-refractivity contribution in [1.82, 2.24) is 20.0 Å². The van der Waals surface area contributed by atoms with Crippen LogP contribution in [0.4, 0.5) is 0 Å². The van der Waals surface area contributed by atoms with Crippen molar-refractivity contribution in [2.45, 2.75) is 0 Å². The summed E-state index contributed by atoms with van der Waals surface area (Å²) in [7, 11) is 2.21. The fourth-order valence-corrected chi connectivity index (χ4v) is 2.37. The van der Waals surface area contributed by atoms with Crippen molar-refractivity contribution in [2.24, 2.45) is 0 Å². The summed E-state index contributed by atoms with van der Waals surface area (Å²) in [6.07, 6.45) is 4.68. The van der Waals surface area contributed by atoms with E-state index in [4.69, 9.17) is 0 Å². The van der Waals surface area contributed by atoms with Crippen LogP contribution in [0.2, 0.25) is 0 Å². The van der Waals surface area contributed by atoms with Crippen molar-refractivity contribution >= 4 is 0 Å². The molecule has 0 aliphatic carbocycles. The molecule has 0 unspecified atom stereocenters. The van der Waals surface area contributed by atoms with Crippen LogP contribution in [0.15, 0.2) is 12.2 Å². The fraction of sp³-hybridized carbons (Fsp3) is 0.846. The van der Waals surface area contributed by atoms with Gasteiger partial charge in [-0.25, -0.2) is 0 Å². The maximum atomic E-state index is 3.38. The monoisotopic (exact) mass is 238 g/mol. The molecule has 0 amide bonds. The quantitative estimate of drug-likeness (QED) is 0.679. The highest BCUT2D eigenvalue weighted by Gasteiger charge is 2.11. The maximum absolute atomic E-state index is 3.38. The van der Waals surface area contributed by atoms with E-state index in [2.05, 4.69) is 39.2 Å². The van der Waals surface area contributed by atoms with E-state index in [9.17, 15) is 0 Å². The Bertz CT molecular complexity index is 228. The molecule has 0 aromatic carbocycles. The van der Waals surface area contributed by atoms with Crippen molar-refractivity contribution in [2.75, 3.05) is 72.5 Å². The first-order valence-corrected chi connectivity index (χ1v) is 6.83. The SMILES string of the molecule is CN1CCN(C/C=C\CN2CCNCC2)CC1. The van der Waals surface area contributed by atoms with Gasteiger partial charge in [0.2, 0.25) is 0 Å². The minimum absolute atomic E-state index is 1.12. The van der Waals surface area contributed by atoms with E-state index >= 15 is 0 Å². The Kier molecular flexibility index (Phi) is 5.45. The molecule has 0 saturated carbocycles. The molecular weight excluding hydrogens is 212 g/mol. The van der Waals surface area contributed by atoms with Gasteiger partial charge in [-0.15, -0.1) is 0 Å². The summed E-state index contributed by atoms with van der Waals surface area (Å²) in [5.74, 6) is 0. The van der Waals surface area contributed by atoms with Gasteiger partial charge >= 0.3 is 0 Å². The second-order valence-electron chi connectivity index (χ2n) is 5.13. The molecule has 2 fully saturated rings. The van der Waals surface area contributed by atoms with Gasteiger partial charge in [0.15, 0.2) is 0 Å². The smallest absolute Gasteiger partial charge is 0.0164 e. The average molecular weight is 238 g/mol. The summed E-state index contributed by atoms with van der Waals surface area (Å²) < 4.78 is 0. The number of nitrogens with one attached hydrogen (secondary N) is 1. The van der Waals surface area contributed by atoms with Gasteiger partial charge in [-0.1, -0.05) is 12.2 Å². The maximum Gasteiger partial charge on any atom is 0.0164 e. The van der Waals surface area contributed by atoms with E-state index in [1.54, 1.807) is 0 Å². The molecule has 0 atom stereocenters. The Hall–Kier alpha value is -0.420. The van der Waals surface area contributed by atoms with Gasteiger partial charge in [0.1, 0.15) is 0 Å². The lowest BCUT2D eigenvalue weighted by atomic mass is 10.3. The molecular formula is C13H26N4. The third-order valence-electron chi connectivity index (χ3n) is 3.70. The van der Waals surface area contributed by atoms with Crippen LogP contribution >= 0.6 is 0 Å². The Morgan fingerprint density at radius 3 is 1.94 bits per heavy atom. The van der Waals surface area contributed by atoms with Crippen LogP contribution in [-0.4, -0.2) is 87.2 Å². The van der Waals surface area contributed by atoms with Crippen molar-refractivity contribution in [3.05, 3.63) is 12.2 Å². The zero-order valence-corrected chi connectivity index (χ0v) is 11.1. The van der Waals surface area contributed by atoms with E-state index in [0.717, 1.165) is 26.2 Å². The number of hydrogen-bond acceptors (Lipinski definition) is 4. The largest absolute Gasteiger partial charge is 0.314 e. The van der Waals surface area contributed by atoms with Crippen LogP contribution in [0.1, 0.15) is 0 Å². The molecule has 0 spiro atoms. The summed E-state index contributed by atoms with van der Waals surface area (Å²) in [6, 6.07) is 0. The van der Waals surface area contributed by atoms with Crippen LogP contribution in [0.25, 0.3) is 0 Å². The lowest BCUT2D eigenvalue weighted by Crippen LogP contribution is -2.44. The molecule has 2 aliphatic rings. The first-order chi connectivity index (χ1) is 8.34. The number of rotatable bonds is 4. The highest BCUT2D eigenvalue weighted by atomic mass is 15.2. The lowest BCUT2D eigenvalue weighted by molar-refractivity contribution is 0.166. The molecule has 0 aromatic rings. The zero-order chi connectivity index (χ0) is 11.9. The summed E-state index contributed by atoms with van der Waals surface area (Å²) in [6.45, 7) is 11.8. The molecule has 98 valence electrons. The van der Waals surface area contributed by atoms with Gasteiger partial charge < -0.3 is 10.2 Å². The van der Waals surface area contributed by atoms with Crippen LogP contribution in [0, 0.1) is 0 Å². The second kappa shape index (κ2) is 7.11. The Labute approximate surface area is 105 Å². The molecule has 17 heavy (non-hydrogen) atoms. The third kappa shape index (κ3) is 4.76. The topological polar surface area (TPSA) is 21.8 Å². The second-order valence-corrected chi connectivity index (χ2v) is 5.13. The van der Waals surface area contributed by atoms with Crippen molar-refractivity contribution < 1.29 is 0 Å². The molecule has 0 radical (unpaired) electrons. The first kappa shape index (κ1) is 13.0. The Morgan fingerprint density at radius 1 is 0.824 bits per heavy atom. The highest BCUT2D eigenvalue weighted by molar-refractivity contribution is 4.89. The predicted molar refractivity (Wildman–Crippen MR) is 72.4 cm³/mol. The van der Waals surface area contributed by atoms with Gasteiger partial charge in [-0.2, -0.15) is 0 Å². The Balaban J connectivity index is 1.57. The zero-order valence-electron chi connectivity index (χ0n) is 11.1. The van der Waals surface area contributed by atoms with E-state index in [0.29, 0.717) is 0 Å². The number of nitrogens with zero attached hydrogens (tertiary/aromatic N) is 3. The molecule has 4 heteroatoms. The van der Waals surface area contributed by atoms with Crippen molar-refractivity contribution in [3.63, 3.8) is 0 Å². The number of hydrogen-bond donors (Lipinski definition) is 1. The van der Waals surface area contributed by atoms with Gasteiger partial charge in [0.25, 0.3) is 0 Å². The molecule has 2 saturated heterocycles. The lowest BCUT2D eigenvalue weighted by Gasteiger charge is -2.31. The van der Waals surface area contributed by atoms with Crippen LogP contribution in [0.5, 0.6) is 0 Å². The van der Waals surface area contributed by atoms with E-state index in [1.165, 1.54) is 39.3 Å². The average Bonchev–Trinajstić information content (AvgIpc) is 2.38. The minimum Gasteiger partial charge on any atom is -0.314 e. The van der Waals surface area contributed by atoms with Crippen LogP contribution in [-0.2, 0) is 0 Å². The molecule has 0 bridgehead atoms. The molecule has 2 aliphatic heterocycles. The van der Waals surface area contributed by atoms with Gasteiger partial charge in [-0.05, 0) is 7.05 Å². The van der Waals surface area contributed by atoms with Crippen LogP contribution in [0.3, 0.4) is 0 Å². The molecule has 1 N–H and O–H groups in total. The summed E-state index contributed by atoms with van der Waals surface area (Å²) >= 11 is 0. The van der Waals surface area contributed by atoms with E-state index in [-0.39, 0.29) is 0 Å². The predicted octanol–water partition coefficient (Wildman–Crippen LogP) is -0.305. The standard InChI is InChI=1S/C13H26N4/c1-15-10-12-17(13-11-15)7-3-2-6-16-8-4-14-5-9-16/h2-3,14H,4-13H2,1H3/b3-2-. The summed E-state index contributed by atoms with van der Waals surface area (Å²) in [4.78, 5) is 7.45. The van der Waals surface area contributed by atoms with Gasteiger partial charge in [0, 0.05) is 65.4 Å². The highest BCUT2D eigenvalue weighted by Crippen LogP contribution is 1.99. The third-order valence-corrected chi connectivity index (χ3v) is 3.70. The minimum atomic E-state index is 1.12. The summed E-state index contributed by atoms with van der Waals surface area (Å²) in [5, 5.41) is 3.38. The fourth-order valence-electron chi connectivity index (χ4n) is 2.37. The van der Waals surface area contributed by atoms with E-state index in [1.807, 2.05) is 0 Å². The normalized spacial score (nSPS) is 25.7. The van der Waals surface area contributed by atoms with Gasteiger partial charge in [-0.3, -0.25) is 9.80 Å². The number of likely N-dealkylation sites (N-methyl/N-ethyl adjacent to an activating group) is 1. The van der Waals surface area contributed by atoms with Crippen LogP contribution < -0.4 is 5.32 Å². The number of piperazine rings is 2. The van der Waals surface area contributed by atoms with Crippen molar-refractivity contribution in [3.8, 4) is 0 Å². The summed E-state index contributed by atoms with van der Waals surface area (Å²) in [5.41, 5.74) is 0.